The predicted molar refractivity (Wildman–Crippen MR) is 149 cm³/mol. The molecule has 0 fully saturated rings. The third-order valence-corrected chi connectivity index (χ3v) is 7.82. The van der Waals surface area contributed by atoms with Crippen molar-refractivity contribution in [1.29, 1.82) is 0 Å². The summed E-state index contributed by atoms with van der Waals surface area (Å²) >= 11 is 8.02. The van der Waals surface area contributed by atoms with Crippen LogP contribution in [0.3, 0.4) is 0 Å². The SMILES string of the molecule is CC(C)c1ccc2c(c1)c(SC(C)(C)C)c(CC(C)(C)C(=O)O)n2Cc1ccc(Cl)c(CO[N+](=O)[O-])c1. The molecule has 0 aliphatic heterocycles. The Bertz CT molecular complexity index is 1320. The van der Waals surface area contributed by atoms with Crippen molar-refractivity contribution in [3.8, 4) is 0 Å². The maximum atomic E-state index is 12.2. The molecule has 0 saturated carbocycles. The van der Waals surface area contributed by atoms with Crippen LogP contribution in [0, 0.1) is 15.5 Å². The summed E-state index contributed by atoms with van der Waals surface area (Å²) in [7, 11) is 0. The molecule has 0 saturated heterocycles. The molecule has 0 spiro atoms. The van der Waals surface area contributed by atoms with Crippen LogP contribution < -0.4 is 0 Å². The zero-order valence-electron chi connectivity index (χ0n) is 22.4. The average molecular weight is 547 g/mol. The van der Waals surface area contributed by atoms with E-state index >= 15 is 0 Å². The van der Waals surface area contributed by atoms with E-state index in [0.29, 0.717) is 29.5 Å². The fraction of sp³-hybridized carbons (Fsp3) is 0.464. The number of benzene rings is 2. The van der Waals surface area contributed by atoms with Crippen LogP contribution in [-0.4, -0.2) is 25.5 Å². The summed E-state index contributed by atoms with van der Waals surface area (Å²) in [6.07, 6.45) is 0.345. The van der Waals surface area contributed by atoms with Crippen LogP contribution in [0.25, 0.3) is 10.9 Å². The number of aromatic nitrogens is 1. The van der Waals surface area contributed by atoms with Crippen LogP contribution >= 0.6 is 23.4 Å². The van der Waals surface area contributed by atoms with Gasteiger partial charge < -0.3 is 14.5 Å². The summed E-state index contributed by atoms with van der Waals surface area (Å²) in [6.45, 7) is 14.5. The van der Waals surface area contributed by atoms with Crippen molar-refractivity contribution in [1.82, 2.24) is 4.57 Å². The van der Waals surface area contributed by atoms with Gasteiger partial charge in [-0.25, -0.2) is 0 Å². The lowest BCUT2D eigenvalue weighted by Crippen LogP contribution is -2.28. The Labute approximate surface area is 227 Å². The zero-order chi connectivity index (χ0) is 27.7. The highest BCUT2D eigenvalue weighted by Gasteiger charge is 2.33. The second kappa shape index (κ2) is 11.0. The van der Waals surface area contributed by atoms with Crippen LogP contribution in [0.15, 0.2) is 41.3 Å². The van der Waals surface area contributed by atoms with Crippen molar-refractivity contribution in [3.05, 3.63) is 73.9 Å². The molecule has 0 unspecified atom stereocenters. The molecule has 3 rings (SSSR count). The quantitative estimate of drug-likeness (QED) is 0.159. The van der Waals surface area contributed by atoms with Gasteiger partial charge in [-0.15, -0.1) is 21.9 Å². The number of rotatable bonds is 10. The lowest BCUT2D eigenvalue weighted by molar-refractivity contribution is -0.763. The van der Waals surface area contributed by atoms with Crippen molar-refractivity contribution in [2.24, 2.45) is 5.41 Å². The summed E-state index contributed by atoms with van der Waals surface area (Å²) in [5.74, 6) is -0.510. The van der Waals surface area contributed by atoms with Gasteiger partial charge in [-0.2, -0.15) is 0 Å². The minimum Gasteiger partial charge on any atom is -0.481 e. The predicted octanol–water partition coefficient (Wildman–Crippen LogP) is 7.72. The minimum atomic E-state index is -0.981. The fourth-order valence-corrected chi connectivity index (χ4v) is 5.52. The molecule has 0 amide bonds. The standard InChI is InChI=1S/C28H35ClN2O5S/c1-17(2)19-9-11-23-21(13-19)25(37-27(3,4)5)24(14-28(6,7)26(32)33)30(23)15-18-8-10-22(29)20(12-18)16-36-31(34)35/h8-13,17H,14-16H2,1-7H3,(H,32,33). The summed E-state index contributed by atoms with van der Waals surface area (Å²) in [4.78, 5) is 28.5. The molecule has 0 aliphatic carbocycles. The molecule has 0 bridgehead atoms. The third kappa shape index (κ3) is 6.99. The van der Waals surface area contributed by atoms with E-state index in [9.17, 15) is 20.0 Å². The first kappa shape index (κ1) is 28.9. The normalized spacial score (nSPS) is 12.4. The first-order chi connectivity index (χ1) is 17.1. The van der Waals surface area contributed by atoms with Gasteiger partial charge >= 0.3 is 5.97 Å². The molecule has 1 heterocycles. The largest absolute Gasteiger partial charge is 0.481 e. The molecule has 0 atom stereocenters. The smallest absolute Gasteiger partial charge is 0.309 e. The van der Waals surface area contributed by atoms with Gasteiger partial charge in [0.25, 0.3) is 5.09 Å². The third-order valence-electron chi connectivity index (χ3n) is 6.18. The molecule has 7 nitrogen and oxygen atoms in total. The monoisotopic (exact) mass is 546 g/mol. The Balaban J connectivity index is 2.25. The van der Waals surface area contributed by atoms with Gasteiger partial charge in [0.2, 0.25) is 0 Å². The molecular formula is C28H35ClN2O5S. The van der Waals surface area contributed by atoms with Gasteiger partial charge in [-0.3, -0.25) is 4.79 Å². The Morgan fingerprint density at radius 1 is 1.16 bits per heavy atom. The Morgan fingerprint density at radius 2 is 1.84 bits per heavy atom. The number of aliphatic carboxylic acids is 1. The summed E-state index contributed by atoms with van der Waals surface area (Å²) in [5.41, 5.74) is 3.62. The highest BCUT2D eigenvalue weighted by molar-refractivity contribution is 8.00. The van der Waals surface area contributed by atoms with Gasteiger partial charge in [0.15, 0.2) is 0 Å². The van der Waals surface area contributed by atoms with E-state index in [1.807, 2.05) is 12.1 Å². The molecule has 9 heteroatoms. The first-order valence-electron chi connectivity index (χ1n) is 12.2. The van der Waals surface area contributed by atoms with E-state index < -0.39 is 16.5 Å². The summed E-state index contributed by atoms with van der Waals surface area (Å²) in [5, 5.41) is 21.3. The van der Waals surface area contributed by atoms with Crippen LogP contribution in [0.2, 0.25) is 5.02 Å². The molecule has 3 aromatic rings. The number of fused-ring (bicyclic) bond motifs is 1. The highest BCUT2D eigenvalue weighted by Crippen LogP contribution is 2.44. The summed E-state index contributed by atoms with van der Waals surface area (Å²) in [6, 6.07) is 11.9. The molecule has 2 aromatic carbocycles. The second-order valence-corrected chi connectivity index (χ2v) is 13.5. The van der Waals surface area contributed by atoms with Gasteiger partial charge in [0, 0.05) is 44.2 Å². The molecular weight excluding hydrogens is 512 g/mol. The van der Waals surface area contributed by atoms with Gasteiger partial charge in [-0.1, -0.05) is 64.4 Å². The van der Waals surface area contributed by atoms with Gasteiger partial charge in [0.05, 0.1) is 5.41 Å². The van der Waals surface area contributed by atoms with Crippen molar-refractivity contribution in [3.63, 3.8) is 0 Å². The van der Waals surface area contributed by atoms with E-state index in [0.717, 1.165) is 27.1 Å². The molecule has 200 valence electrons. The van der Waals surface area contributed by atoms with Crippen molar-refractivity contribution >= 4 is 40.2 Å². The fourth-order valence-electron chi connectivity index (χ4n) is 4.17. The molecule has 0 aliphatic rings. The van der Waals surface area contributed by atoms with Crippen molar-refractivity contribution in [2.45, 2.75) is 83.6 Å². The number of halogens is 1. The van der Waals surface area contributed by atoms with E-state index in [1.165, 1.54) is 5.56 Å². The van der Waals surface area contributed by atoms with E-state index in [-0.39, 0.29) is 11.4 Å². The Hall–Kier alpha value is -2.71. The lowest BCUT2D eigenvalue weighted by Gasteiger charge is -2.24. The number of carboxylic acids is 1. The zero-order valence-corrected chi connectivity index (χ0v) is 24.0. The number of hydrogen-bond donors (Lipinski definition) is 1. The minimum absolute atomic E-state index is 0.0949. The summed E-state index contributed by atoms with van der Waals surface area (Å²) < 4.78 is 2.09. The molecule has 0 radical (unpaired) electrons. The van der Waals surface area contributed by atoms with Crippen LogP contribution in [-0.2, 0) is 29.2 Å². The lowest BCUT2D eigenvalue weighted by atomic mass is 9.88. The Kier molecular flexibility index (Phi) is 8.54. The number of carbonyl (C=O) groups is 1. The van der Waals surface area contributed by atoms with Crippen LogP contribution in [0.4, 0.5) is 0 Å². The van der Waals surface area contributed by atoms with Crippen LogP contribution in [0.1, 0.15) is 76.8 Å². The van der Waals surface area contributed by atoms with Crippen molar-refractivity contribution < 1.29 is 19.8 Å². The van der Waals surface area contributed by atoms with Crippen LogP contribution in [0.5, 0.6) is 0 Å². The van der Waals surface area contributed by atoms with E-state index in [4.69, 9.17) is 11.6 Å². The number of carboxylic acid groups (broad SMARTS) is 1. The molecule has 1 N–H and O–H groups in total. The molecule has 37 heavy (non-hydrogen) atoms. The number of hydrogen-bond acceptors (Lipinski definition) is 5. The first-order valence-corrected chi connectivity index (χ1v) is 13.4. The highest BCUT2D eigenvalue weighted by atomic mass is 35.5. The van der Waals surface area contributed by atoms with Gasteiger partial charge in [-0.05, 0) is 54.7 Å². The average Bonchev–Trinajstić information content (AvgIpc) is 3.03. The maximum absolute atomic E-state index is 12.2. The topological polar surface area (TPSA) is 94.6 Å². The van der Waals surface area contributed by atoms with Crippen molar-refractivity contribution in [2.75, 3.05) is 0 Å². The Morgan fingerprint density at radius 3 is 2.41 bits per heavy atom. The number of nitrogens with zero attached hydrogens (tertiary/aromatic N) is 2. The number of thioether (sulfide) groups is 1. The second-order valence-electron chi connectivity index (χ2n) is 11.3. The van der Waals surface area contributed by atoms with E-state index in [2.05, 4.69) is 62.2 Å². The maximum Gasteiger partial charge on any atom is 0.309 e. The molecule has 1 aromatic heterocycles. The van der Waals surface area contributed by atoms with E-state index in [1.54, 1.807) is 31.7 Å². The van der Waals surface area contributed by atoms with Gasteiger partial charge in [0.1, 0.15) is 6.61 Å².